The lowest BCUT2D eigenvalue weighted by Crippen LogP contribution is -2.46. The molecule has 2 amide bonds. The van der Waals surface area contributed by atoms with Gasteiger partial charge in [0.05, 0.1) is 6.61 Å². The predicted octanol–water partition coefficient (Wildman–Crippen LogP) is 1.10. The molecule has 2 aliphatic heterocycles. The maximum absolute atomic E-state index is 11.8. The van der Waals surface area contributed by atoms with Gasteiger partial charge in [-0.05, 0) is 26.7 Å². The Labute approximate surface area is 159 Å². The highest BCUT2D eigenvalue weighted by molar-refractivity contribution is 5.67. The average molecular weight is 376 g/mol. The molecule has 9 heteroatoms. The fourth-order valence-electron chi connectivity index (χ4n) is 3.44. The molecular weight excluding hydrogens is 348 g/mol. The zero-order valence-corrected chi connectivity index (χ0v) is 16.1. The van der Waals surface area contributed by atoms with Gasteiger partial charge >= 0.3 is 6.09 Å². The molecule has 0 spiro atoms. The normalized spacial score (nSPS) is 18.4. The second kappa shape index (κ2) is 8.88. The van der Waals surface area contributed by atoms with Gasteiger partial charge in [0.2, 0.25) is 12.4 Å². The highest BCUT2D eigenvalue weighted by Crippen LogP contribution is 2.19. The van der Waals surface area contributed by atoms with Gasteiger partial charge < -0.3 is 24.8 Å². The number of ether oxygens (including phenoxy) is 1. The number of hydrogen-bond acceptors (Lipinski definition) is 7. The van der Waals surface area contributed by atoms with Crippen molar-refractivity contribution in [3.05, 3.63) is 11.8 Å². The summed E-state index contributed by atoms with van der Waals surface area (Å²) in [6.07, 6.45) is 2.34. The molecule has 9 nitrogen and oxygen atoms in total. The number of carbonyl (C=O) groups is 2. The maximum atomic E-state index is 11.8. The molecule has 1 aromatic rings. The Morgan fingerprint density at radius 2 is 1.93 bits per heavy atom. The van der Waals surface area contributed by atoms with Gasteiger partial charge in [-0.1, -0.05) is 0 Å². The Balaban J connectivity index is 1.57. The average Bonchev–Trinajstić information content (AvgIpc) is 2.68. The molecule has 1 aromatic heterocycles. The van der Waals surface area contributed by atoms with Crippen LogP contribution < -0.4 is 10.2 Å². The number of anilines is 2. The number of nitrogens with one attached hydrogen (secondary N) is 1. The summed E-state index contributed by atoms with van der Waals surface area (Å²) < 4.78 is 5.06. The number of aromatic nitrogens is 2. The van der Waals surface area contributed by atoms with Crippen molar-refractivity contribution >= 4 is 24.3 Å². The van der Waals surface area contributed by atoms with E-state index in [1.807, 2.05) is 19.9 Å². The van der Waals surface area contributed by atoms with E-state index in [9.17, 15) is 9.59 Å². The van der Waals surface area contributed by atoms with Gasteiger partial charge in [-0.2, -0.15) is 4.98 Å². The fraction of sp³-hybridized carbons (Fsp3) is 0.667. The van der Waals surface area contributed by atoms with Crippen molar-refractivity contribution in [2.75, 3.05) is 56.1 Å². The third kappa shape index (κ3) is 4.99. The van der Waals surface area contributed by atoms with Crippen molar-refractivity contribution in [2.45, 2.75) is 32.7 Å². The van der Waals surface area contributed by atoms with Crippen molar-refractivity contribution < 1.29 is 14.3 Å². The first kappa shape index (κ1) is 19.2. The van der Waals surface area contributed by atoms with E-state index in [0.29, 0.717) is 38.7 Å². The third-order valence-corrected chi connectivity index (χ3v) is 4.98. The Morgan fingerprint density at radius 3 is 2.56 bits per heavy atom. The number of piperazine rings is 1. The molecule has 0 aliphatic carbocycles. The molecule has 2 aliphatic rings. The maximum Gasteiger partial charge on any atom is 0.409 e. The second-order valence-electron chi connectivity index (χ2n) is 6.92. The lowest BCUT2D eigenvalue weighted by Gasteiger charge is -2.34. The van der Waals surface area contributed by atoms with Gasteiger partial charge in [0.1, 0.15) is 5.82 Å². The predicted molar refractivity (Wildman–Crippen MR) is 102 cm³/mol. The summed E-state index contributed by atoms with van der Waals surface area (Å²) in [5.41, 5.74) is 0.907. The van der Waals surface area contributed by atoms with Crippen LogP contribution in [0.15, 0.2) is 6.07 Å². The molecule has 0 aromatic carbocycles. The largest absolute Gasteiger partial charge is 0.450 e. The molecule has 0 saturated carbocycles. The van der Waals surface area contributed by atoms with Crippen LogP contribution >= 0.6 is 0 Å². The van der Waals surface area contributed by atoms with E-state index in [1.165, 1.54) is 0 Å². The minimum Gasteiger partial charge on any atom is -0.450 e. The van der Waals surface area contributed by atoms with Crippen LogP contribution in [0.25, 0.3) is 0 Å². The summed E-state index contributed by atoms with van der Waals surface area (Å²) in [6, 6.07) is 2.21. The SMILES string of the molecule is CCOC(=O)N1CCC(Nc2nc(C)cc(N3CCN(C=O)CC3)n2)CC1. The third-order valence-electron chi connectivity index (χ3n) is 4.98. The van der Waals surface area contributed by atoms with Crippen molar-refractivity contribution in [2.24, 2.45) is 0 Å². The van der Waals surface area contributed by atoms with Crippen molar-refractivity contribution in [1.82, 2.24) is 19.8 Å². The van der Waals surface area contributed by atoms with Crippen LogP contribution in [0.2, 0.25) is 0 Å². The molecule has 1 N–H and O–H groups in total. The molecule has 3 rings (SSSR count). The van der Waals surface area contributed by atoms with Gasteiger partial charge in [-0.3, -0.25) is 4.79 Å². The van der Waals surface area contributed by atoms with Crippen LogP contribution in [-0.4, -0.2) is 84.2 Å². The monoisotopic (exact) mass is 376 g/mol. The van der Waals surface area contributed by atoms with E-state index in [0.717, 1.165) is 43.9 Å². The van der Waals surface area contributed by atoms with Crippen molar-refractivity contribution in [1.29, 1.82) is 0 Å². The van der Waals surface area contributed by atoms with Crippen LogP contribution in [0.1, 0.15) is 25.5 Å². The van der Waals surface area contributed by atoms with E-state index in [2.05, 4.69) is 20.2 Å². The lowest BCUT2D eigenvalue weighted by molar-refractivity contribution is -0.118. The molecule has 0 unspecified atom stereocenters. The summed E-state index contributed by atoms with van der Waals surface area (Å²) in [7, 11) is 0. The summed E-state index contributed by atoms with van der Waals surface area (Å²) in [5.74, 6) is 1.51. The zero-order chi connectivity index (χ0) is 19.2. The van der Waals surface area contributed by atoms with Crippen LogP contribution in [0, 0.1) is 6.92 Å². The van der Waals surface area contributed by atoms with Crippen molar-refractivity contribution in [3.63, 3.8) is 0 Å². The summed E-state index contributed by atoms with van der Waals surface area (Å²) >= 11 is 0. The number of rotatable bonds is 5. The van der Waals surface area contributed by atoms with Crippen LogP contribution in [0.5, 0.6) is 0 Å². The van der Waals surface area contributed by atoms with E-state index in [-0.39, 0.29) is 12.1 Å². The van der Waals surface area contributed by atoms with Gasteiger partial charge in [0.15, 0.2) is 0 Å². The Morgan fingerprint density at radius 1 is 1.22 bits per heavy atom. The first-order valence-electron chi connectivity index (χ1n) is 9.57. The minimum atomic E-state index is -0.237. The highest BCUT2D eigenvalue weighted by Gasteiger charge is 2.24. The topological polar surface area (TPSA) is 90.9 Å². The second-order valence-corrected chi connectivity index (χ2v) is 6.92. The number of aryl methyl sites for hydroxylation is 1. The molecule has 3 heterocycles. The Hall–Kier alpha value is -2.58. The zero-order valence-electron chi connectivity index (χ0n) is 16.1. The van der Waals surface area contributed by atoms with Gasteiger partial charge in [0.25, 0.3) is 0 Å². The smallest absolute Gasteiger partial charge is 0.409 e. The van der Waals surface area contributed by atoms with Gasteiger partial charge in [0, 0.05) is 57.1 Å². The van der Waals surface area contributed by atoms with Crippen LogP contribution in [0.4, 0.5) is 16.6 Å². The number of carbonyl (C=O) groups excluding carboxylic acids is 2. The number of hydrogen-bond donors (Lipinski definition) is 1. The lowest BCUT2D eigenvalue weighted by atomic mass is 10.1. The first-order chi connectivity index (χ1) is 13.1. The molecule has 0 atom stereocenters. The molecule has 0 bridgehead atoms. The quantitative estimate of drug-likeness (QED) is 0.770. The van der Waals surface area contributed by atoms with Gasteiger partial charge in [-0.15, -0.1) is 0 Å². The van der Waals surface area contributed by atoms with Crippen molar-refractivity contribution in [3.8, 4) is 0 Å². The number of piperidine rings is 1. The number of likely N-dealkylation sites (tertiary alicyclic amines) is 1. The van der Waals surface area contributed by atoms with Crippen LogP contribution in [0.3, 0.4) is 0 Å². The summed E-state index contributed by atoms with van der Waals surface area (Å²) in [6.45, 7) is 8.48. The molecular formula is C18H28N6O3. The molecule has 0 radical (unpaired) electrons. The van der Waals surface area contributed by atoms with E-state index in [1.54, 1.807) is 9.80 Å². The molecule has 2 fully saturated rings. The van der Waals surface area contributed by atoms with E-state index in [4.69, 9.17) is 4.74 Å². The molecule has 2 saturated heterocycles. The van der Waals surface area contributed by atoms with E-state index >= 15 is 0 Å². The number of amides is 2. The standard InChI is InChI=1S/C18H28N6O3/c1-3-27-18(26)24-6-4-15(5-7-24)20-17-19-14(2)12-16(21-17)23-10-8-22(13-25)9-11-23/h12-13,15H,3-11H2,1-2H3,(H,19,20,21). The highest BCUT2D eigenvalue weighted by atomic mass is 16.6. The number of nitrogens with zero attached hydrogens (tertiary/aromatic N) is 5. The first-order valence-corrected chi connectivity index (χ1v) is 9.57. The van der Waals surface area contributed by atoms with Gasteiger partial charge in [-0.25, -0.2) is 9.78 Å². The summed E-state index contributed by atoms with van der Waals surface area (Å²) in [4.78, 5) is 37.6. The molecule has 148 valence electrons. The fourth-order valence-corrected chi connectivity index (χ4v) is 3.44. The Kier molecular flexibility index (Phi) is 6.31. The van der Waals surface area contributed by atoms with Crippen LogP contribution in [-0.2, 0) is 9.53 Å². The minimum absolute atomic E-state index is 0.234. The van der Waals surface area contributed by atoms with E-state index < -0.39 is 0 Å². The summed E-state index contributed by atoms with van der Waals surface area (Å²) in [5, 5.41) is 3.42. The Bertz CT molecular complexity index is 654. The molecule has 27 heavy (non-hydrogen) atoms.